The first kappa shape index (κ1) is 86.5. The Morgan fingerprint density at radius 2 is 0.405 bits per heavy atom. The van der Waals surface area contributed by atoms with Crippen LogP contribution in [-0.4, -0.2) is 9.13 Å². The summed E-state index contributed by atoms with van der Waals surface area (Å²) in [4.78, 5) is 4.68. The number of aryl methyl sites for hydroxylation is 1. The molecule has 0 radical (unpaired) electrons. The van der Waals surface area contributed by atoms with Crippen LogP contribution in [0.2, 0.25) is 0 Å². The van der Waals surface area contributed by atoms with Crippen molar-refractivity contribution in [3.63, 3.8) is 0 Å². The van der Waals surface area contributed by atoms with Crippen LogP contribution in [0.5, 0.6) is 0 Å². The van der Waals surface area contributed by atoms with Gasteiger partial charge in [0, 0.05) is 77.9 Å². The Balaban J connectivity index is 0.000000146. The highest BCUT2D eigenvalue weighted by atomic mass is 15.1. The highest BCUT2D eigenvalue weighted by Crippen LogP contribution is 2.66. The molecule has 0 saturated heterocycles. The fourth-order valence-corrected chi connectivity index (χ4v) is 26.8. The zero-order valence-electron chi connectivity index (χ0n) is 83.3. The molecule has 24 aromatic rings. The van der Waals surface area contributed by atoms with Crippen molar-refractivity contribution < 1.29 is 0 Å². The van der Waals surface area contributed by atoms with Crippen LogP contribution in [-0.2, 0) is 21.7 Å². The van der Waals surface area contributed by atoms with Gasteiger partial charge >= 0.3 is 0 Å². The van der Waals surface area contributed by atoms with Crippen molar-refractivity contribution in [1.29, 1.82) is 0 Å². The van der Waals surface area contributed by atoms with E-state index in [1.165, 1.54) is 222 Å². The van der Waals surface area contributed by atoms with Crippen molar-refractivity contribution >= 4 is 83.8 Å². The number of hydrogen-bond donors (Lipinski definition) is 0. The lowest BCUT2D eigenvalue weighted by Gasteiger charge is -2.30. The second-order valence-corrected chi connectivity index (χ2v) is 42.1. The third-order valence-electron chi connectivity index (χ3n) is 33.6. The van der Waals surface area contributed by atoms with Gasteiger partial charge in [0.05, 0.1) is 32.9 Å². The number of anilines is 6. The molecule has 6 aliphatic carbocycles. The summed E-state index contributed by atoms with van der Waals surface area (Å²) in [7, 11) is 0. The molecule has 0 atom stereocenters. The van der Waals surface area contributed by atoms with Gasteiger partial charge in [-0.05, 0) is 367 Å². The maximum Gasteiger partial charge on any atom is 0.0725 e. The summed E-state index contributed by atoms with van der Waals surface area (Å²) < 4.78 is 4.92. The number of nitrogens with zero attached hydrogens (tertiary/aromatic N) is 4. The number of allylic oxidation sites excluding steroid dienone is 1. The Bertz CT molecular complexity index is 9120. The zero-order valence-corrected chi connectivity index (χ0v) is 83.3. The highest BCUT2D eigenvalue weighted by Gasteiger charge is 2.54. The number of fused-ring (bicyclic) bond motifs is 32. The van der Waals surface area contributed by atoms with Gasteiger partial charge in [0.25, 0.3) is 0 Å². The van der Waals surface area contributed by atoms with Crippen LogP contribution in [0.25, 0.3) is 172 Å². The van der Waals surface area contributed by atoms with Gasteiger partial charge in [-0.3, -0.25) is 0 Å². The molecule has 2 heterocycles. The van der Waals surface area contributed by atoms with Crippen LogP contribution >= 0.6 is 0 Å². The number of hydrogen-bond acceptors (Lipinski definition) is 2. The van der Waals surface area contributed by atoms with Gasteiger partial charge in [0.15, 0.2) is 0 Å². The van der Waals surface area contributed by atoms with Gasteiger partial charge in [-0.1, -0.05) is 373 Å². The van der Waals surface area contributed by atoms with Gasteiger partial charge in [-0.25, -0.2) is 0 Å². The molecular weight excluding hydrogens is 1790 g/mol. The number of para-hydroxylation sites is 2. The van der Waals surface area contributed by atoms with Crippen LogP contribution in [0.4, 0.5) is 34.1 Å². The summed E-state index contributed by atoms with van der Waals surface area (Å²) in [5.41, 5.74) is 57.1. The van der Waals surface area contributed by atoms with Crippen molar-refractivity contribution in [1.82, 2.24) is 9.13 Å². The minimum Gasteiger partial charge on any atom is -0.311 e. The maximum atomic E-state index is 2.52. The lowest BCUT2D eigenvalue weighted by Crippen LogP contribution is -2.25. The Hall–Kier alpha value is -18.2. The summed E-state index contributed by atoms with van der Waals surface area (Å²) in [6.45, 7) is 13.7. The van der Waals surface area contributed by atoms with Gasteiger partial charge in [0.1, 0.15) is 0 Å². The van der Waals surface area contributed by atoms with Crippen molar-refractivity contribution in [3.05, 3.63) is 581 Å². The number of aromatic nitrogens is 2. The summed E-state index contributed by atoms with van der Waals surface area (Å²) in [6, 6.07) is 187. The quantitative estimate of drug-likeness (QED) is 0.114. The predicted molar refractivity (Wildman–Crippen MR) is 620 cm³/mol. The minimum atomic E-state index is -0.430. The fraction of sp³-hybridized carbons (Fsp3) is 0.0694. The third kappa shape index (κ3) is 12.8. The minimum absolute atomic E-state index is 0.0650. The van der Waals surface area contributed by atoms with E-state index >= 15 is 0 Å². The summed E-state index contributed by atoms with van der Waals surface area (Å²) in [5.74, 6) is 0. The monoisotopic (exact) mass is 1890 g/mol. The standard InChI is InChI=1S/C83H54N2.C61H48N2/c1-2-18-53-33-39-59(40-34-53)84(58-19-4-3-5-20-58)60-41-43-61(44-42-60)85-80-47-37-54(56-35-45-68-66-25-10-16-31-76(66)82(78(68)51-56)72-27-12-6-21-62(72)63-22-7-13-28-73(63)82)49-70(80)71-50-55(38-48-81(71)85)57-36-46-69-67-26-11-17-32-77(67)83(79(69)52-57)74-29-14-8-23-64(74)65-24-9-15-30-75(65)83;1-39-19-25-45(26-20-39)62(44-13-7-6-8-14-44)46-27-29-47(30-28-46)63-58-33-23-40(42-21-31-50-48-15-9-11-17-54(48)60(2,3)56(50)37-42)35-52(58)53-36-41(24-34-59(53)63)43-22-32-51-49-16-10-12-18-55(49)61(4,5)57(51)38-43/h2-52H,1H3;6-38H,1-5H3/b18-2+;. The average molecular weight is 1890 g/mol. The molecular formula is C144H102N4. The van der Waals surface area contributed by atoms with Crippen molar-refractivity contribution in [2.75, 3.05) is 9.80 Å². The predicted octanol–water partition coefficient (Wildman–Crippen LogP) is 37.8. The molecule has 0 saturated carbocycles. The van der Waals surface area contributed by atoms with Crippen LogP contribution in [0.1, 0.15) is 113 Å². The summed E-state index contributed by atoms with van der Waals surface area (Å²) in [6.07, 6.45) is 4.23. The second-order valence-electron chi connectivity index (χ2n) is 42.1. The van der Waals surface area contributed by atoms with Crippen molar-refractivity contribution in [3.8, 4) is 123 Å². The smallest absolute Gasteiger partial charge is 0.0725 e. The zero-order chi connectivity index (χ0) is 98.6. The Kier molecular flexibility index (Phi) is 19.4. The van der Waals surface area contributed by atoms with Crippen molar-refractivity contribution in [2.24, 2.45) is 0 Å². The van der Waals surface area contributed by atoms with E-state index in [1.54, 1.807) is 0 Å². The topological polar surface area (TPSA) is 16.3 Å². The van der Waals surface area contributed by atoms with E-state index in [0.717, 1.165) is 56.5 Å². The molecule has 698 valence electrons. The van der Waals surface area contributed by atoms with Gasteiger partial charge < -0.3 is 18.9 Å². The molecule has 0 bridgehead atoms. The highest BCUT2D eigenvalue weighted by molar-refractivity contribution is 6.14. The molecule has 0 amide bonds. The molecule has 0 unspecified atom stereocenters. The van der Waals surface area contributed by atoms with Gasteiger partial charge in [-0.15, -0.1) is 0 Å². The van der Waals surface area contributed by atoms with E-state index < -0.39 is 10.8 Å². The molecule has 2 spiro atoms. The first-order valence-electron chi connectivity index (χ1n) is 52.0. The molecule has 6 aliphatic rings. The van der Waals surface area contributed by atoms with Crippen LogP contribution < -0.4 is 9.80 Å². The maximum absolute atomic E-state index is 2.52. The first-order valence-corrected chi connectivity index (χ1v) is 52.0. The molecule has 4 heteroatoms. The largest absolute Gasteiger partial charge is 0.311 e. The van der Waals surface area contributed by atoms with Crippen LogP contribution in [0.3, 0.4) is 0 Å². The molecule has 2 aromatic heterocycles. The average Bonchev–Trinajstić information content (AvgIpc) is 1.51. The summed E-state index contributed by atoms with van der Waals surface area (Å²) in [5, 5.41) is 4.92. The van der Waals surface area contributed by atoms with E-state index in [0.29, 0.717) is 0 Å². The molecule has 22 aromatic carbocycles. The van der Waals surface area contributed by atoms with E-state index in [1.807, 2.05) is 0 Å². The first-order chi connectivity index (χ1) is 72.8. The number of benzene rings is 22. The lowest BCUT2D eigenvalue weighted by atomic mass is 9.70. The van der Waals surface area contributed by atoms with E-state index in [-0.39, 0.29) is 10.8 Å². The SMILES string of the molecule is C/C=C/c1ccc(N(c2ccccc2)c2ccc(-n3c4ccc(-c5ccc6c(c5)C5(c7ccccc7-c7ccccc75)c5ccccc5-6)cc4c4cc(-c5ccc6c(c5)C5(c7ccccc7-c7ccccc75)c5ccccc5-6)ccc43)cc2)cc1.Cc1ccc(N(c2ccccc2)c2ccc(-n3c4ccc(-c5ccc6c(c5)C(C)(C)c5ccccc5-6)cc4c4cc(-c5ccc6c(c5)C(C)(C)c5ccccc5-6)ccc43)cc2)cc1. The third-order valence-corrected chi connectivity index (χ3v) is 33.6. The van der Waals surface area contributed by atoms with E-state index in [2.05, 4.69) is 570 Å². The van der Waals surface area contributed by atoms with Crippen molar-refractivity contribution in [2.45, 2.75) is 63.2 Å². The Labute approximate surface area is 863 Å². The lowest BCUT2D eigenvalue weighted by molar-refractivity contribution is 0.660. The molecule has 148 heavy (non-hydrogen) atoms. The molecule has 0 fully saturated rings. The molecule has 0 N–H and O–H groups in total. The number of rotatable bonds is 13. The van der Waals surface area contributed by atoms with Gasteiger partial charge in [-0.2, -0.15) is 0 Å². The van der Waals surface area contributed by atoms with E-state index in [4.69, 9.17) is 0 Å². The summed E-state index contributed by atoms with van der Waals surface area (Å²) >= 11 is 0. The van der Waals surface area contributed by atoms with E-state index in [9.17, 15) is 0 Å². The Morgan fingerprint density at radius 1 is 0.189 bits per heavy atom. The molecule has 4 nitrogen and oxygen atoms in total. The van der Waals surface area contributed by atoms with Crippen LogP contribution in [0, 0.1) is 6.92 Å². The Morgan fingerprint density at radius 3 is 0.696 bits per heavy atom. The fourth-order valence-electron chi connectivity index (χ4n) is 26.8. The van der Waals surface area contributed by atoms with Crippen LogP contribution in [0.15, 0.2) is 504 Å². The van der Waals surface area contributed by atoms with Gasteiger partial charge in [0.2, 0.25) is 0 Å². The normalized spacial score (nSPS) is 13.9. The second kappa shape index (κ2) is 33.2. The molecule has 30 rings (SSSR count). The molecule has 0 aliphatic heterocycles.